The molecule has 3 N–H and O–H groups in total. The quantitative estimate of drug-likeness (QED) is 0.0696. The van der Waals surface area contributed by atoms with E-state index in [1.54, 1.807) is 19.6 Å². The molecular formula is C29H25I2N7O3. The number of aromatic nitrogens is 3. The van der Waals surface area contributed by atoms with Crippen LogP contribution in [-0.4, -0.2) is 28.3 Å². The molecule has 10 nitrogen and oxygen atoms in total. The van der Waals surface area contributed by atoms with E-state index in [2.05, 4.69) is 87.4 Å². The molecule has 2 aromatic heterocycles. The largest absolute Gasteiger partial charge is 0.497 e. The number of nitrogens with zero attached hydrogens (tertiary/aromatic N) is 4. The molecule has 0 amide bonds. The minimum atomic E-state index is 0.251. The van der Waals surface area contributed by atoms with Crippen molar-refractivity contribution in [3.05, 3.63) is 109 Å². The van der Waals surface area contributed by atoms with Crippen molar-refractivity contribution in [1.82, 2.24) is 15.0 Å². The SMILES string of the molecule is COc1ccc(Nc2nc(NCc3ccco3)nc(NN=Cc3cc(I)cc(I)c3OCc3ccccc3)n2)cc1. The highest BCUT2D eigenvalue weighted by molar-refractivity contribution is 14.1. The predicted molar refractivity (Wildman–Crippen MR) is 176 cm³/mol. The molecule has 12 heteroatoms. The van der Waals surface area contributed by atoms with Gasteiger partial charge < -0.3 is 24.5 Å². The summed E-state index contributed by atoms with van der Waals surface area (Å²) >= 11 is 4.56. The van der Waals surface area contributed by atoms with Gasteiger partial charge in [0.1, 0.15) is 23.9 Å². The van der Waals surface area contributed by atoms with Crippen molar-refractivity contribution in [3.63, 3.8) is 0 Å². The van der Waals surface area contributed by atoms with Crippen LogP contribution in [-0.2, 0) is 13.2 Å². The third-order valence-corrected chi connectivity index (χ3v) is 7.04. The van der Waals surface area contributed by atoms with Gasteiger partial charge in [-0.25, -0.2) is 5.43 Å². The highest BCUT2D eigenvalue weighted by Crippen LogP contribution is 2.28. The molecule has 41 heavy (non-hydrogen) atoms. The first kappa shape index (κ1) is 28.6. The Labute approximate surface area is 264 Å². The van der Waals surface area contributed by atoms with E-state index in [4.69, 9.17) is 13.9 Å². The minimum Gasteiger partial charge on any atom is -0.497 e. The highest BCUT2D eigenvalue weighted by Gasteiger charge is 2.11. The van der Waals surface area contributed by atoms with Crippen molar-refractivity contribution < 1.29 is 13.9 Å². The van der Waals surface area contributed by atoms with Crippen LogP contribution in [0.5, 0.6) is 11.5 Å². The van der Waals surface area contributed by atoms with Crippen molar-refractivity contribution in [1.29, 1.82) is 0 Å². The fourth-order valence-corrected chi connectivity index (χ4v) is 5.71. The van der Waals surface area contributed by atoms with Gasteiger partial charge in [0, 0.05) is 14.8 Å². The van der Waals surface area contributed by atoms with Crippen LogP contribution in [0, 0.1) is 7.14 Å². The minimum absolute atomic E-state index is 0.251. The third kappa shape index (κ3) is 8.29. The summed E-state index contributed by atoms with van der Waals surface area (Å²) in [4.78, 5) is 13.5. The molecule has 2 heterocycles. The second-order valence-electron chi connectivity index (χ2n) is 8.54. The average molecular weight is 773 g/mol. The van der Waals surface area contributed by atoms with Crippen LogP contribution in [0.3, 0.4) is 0 Å². The molecule has 0 spiro atoms. The van der Waals surface area contributed by atoms with E-state index in [-0.39, 0.29) is 5.95 Å². The maximum absolute atomic E-state index is 6.19. The third-order valence-electron chi connectivity index (χ3n) is 5.61. The van der Waals surface area contributed by atoms with Crippen molar-refractivity contribution in [3.8, 4) is 11.5 Å². The van der Waals surface area contributed by atoms with Gasteiger partial charge >= 0.3 is 0 Å². The summed E-state index contributed by atoms with van der Waals surface area (Å²) in [7, 11) is 1.62. The Balaban J connectivity index is 1.35. The van der Waals surface area contributed by atoms with E-state index in [0.29, 0.717) is 25.0 Å². The van der Waals surface area contributed by atoms with Crippen molar-refractivity contribution in [2.75, 3.05) is 23.2 Å². The molecule has 0 bridgehead atoms. The van der Waals surface area contributed by atoms with Gasteiger partial charge in [-0.15, -0.1) is 0 Å². The van der Waals surface area contributed by atoms with Crippen LogP contribution in [0.1, 0.15) is 16.9 Å². The maximum Gasteiger partial charge on any atom is 0.250 e. The summed E-state index contributed by atoms with van der Waals surface area (Å²) in [6, 6.07) is 25.3. The van der Waals surface area contributed by atoms with Crippen LogP contribution in [0.2, 0.25) is 0 Å². The molecule has 0 radical (unpaired) electrons. The summed E-state index contributed by atoms with van der Waals surface area (Å²) in [5.74, 6) is 3.18. The Kier molecular flexibility index (Phi) is 9.85. The van der Waals surface area contributed by atoms with E-state index in [1.165, 1.54) is 0 Å². The van der Waals surface area contributed by atoms with Crippen LogP contribution in [0.15, 0.2) is 94.6 Å². The lowest BCUT2D eigenvalue weighted by molar-refractivity contribution is 0.303. The van der Waals surface area contributed by atoms with Crippen LogP contribution < -0.4 is 25.5 Å². The summed E-state index contributed by atoms with van der Waals surface area (Å²) in [5.41, 5.74) is 5.63. The fourth-order valence-electron chi connectivity index (χ4n) is 3.66. The first-order valence-electron chi connectivity index (χ1n) is 12.4. The number of anilines is 4. The van der Waals surface area contributed by atoms with Crippen LogP contribution in [0.4, 0.5) is 23.5 Å². The summed E-state index contributed by atoms with van der Waals surface area (Å²) in [6.45, 7) is 0.856. The van der Waals surface area contributed by atoms with Gasteiger partial charge in [-0.1, -0.05) is 30.3 Å². The summed E-state index contributed by atoms with van der Waals surface area (Å²) < 4.78 is 18.9. The molecule has 5 rings (SSSR count). The zero-order valence-electron chi connectivity index (χ0n) is 21.8. The summed E-state index contributed by atoms with van der Waals surface area (Å²) in [6.07, 6.45) is 3.31. The van der Waals surface area contributed by atoms with E-state index >= 15 is 0 Å². The van der Waals surface area contributed by atoms with E-state index in [0.717, 1.165) is 41.2 Å². The maximum atomic E-state index is 6.19. The number of benzene rings is 3. The zero-order valence-corrected chi connectivity index (χ0v) is 26.2. The van der Waals surface area contributed by atoms with Crippen molar-refractivity contribution in [2.45, 2.75) is 13.2 Å². The molecule has 0 aliphatic heterocycles. The molecule has 5 aromatic rings. The van der Waals surface area contributed by atoms with Gasteiger partial charge in [0.2, 0.25) is 17.8 Å². The second kappa shape index (κ2) is 14.1. The van der Waals surface area contributed by atoms with Gasteiger partial charge in [-0.05, 0) is 99.3 Å². The Bertz CT molecular complexity index is 1600. The van der Waals surface area contributed by atoms with Crippen molar-refractivity contribution >= 4 is 74.9 Å². The van der Waals surface area contributed by atoms with Gasteiger partial charge in [0.15, 0.2) is 0 Å². The lowest BCUT2D eigenvalue weighted by Crippen LogP contribution is -2.09. The van der Waals surface area contributed by atoms with Crippen molar-refractivity contribution in [2.24, 2.45) is 5.10 Å². The highest BCUT2D eigenvalue weighted by atomic mass is 127. The number of halogens is 2. The molecule has 0 aliphatic rings. The topological polar surface area (TPSA) is 119 Å². The van der Waals surface area contributed by atoms with Crippen LogP contribution >= 0.6 is 45.2 Å². The number of hydrazone groups is 1. The first-order valence-corrected chi connectivity index (χ1v) is 14.6. The normalized spacial score (nSPS) is 10.9. The first-order chi connectivity index (χ1) is 20.1. The number of ether oxygens (including phenoxy) is 2. The van der Waals surface area contributed by atoms with E-state index < -0.39 is 0 Å². The number of hydrogen-bond donors (Lipinski definition) is 3. The Morgan fingerprint density at radius 3 is 2.44 bits per heavy atom. The molecule has 208 valence electrons. The molecule has 0 saturated heterocycles. The molecular weight excluding hydrogens is 748 g/mol. The number of methoxy groups -OCH3 is 1. The van der Waals surface area contributed by atoms with Crippen LogP contribution in [0.25, 0.3) is 0 Å². The zero-order chi connectivity index (χ0) is 28.4. The second-order valence-corrected chi connectivity index (χ2v) is 11.0. The lowest BCUT2D eigenvalue weighted by atomic mass is 10.2. The molecule has 3 aromatic carbocycles. The smallest absolute Gasteiger partial charge is 0.250 e. The number of nitrogens with one attached hydrogen (secondary N) is 3. The Morgan fingerprint density at radius 1 is 0.902 bits per heavy atom. The number of rotatable bonds is 12. The summed E-state index contributed by atoms with van der Waals surface area (Å²) in [5, 5.41) is 10.8. The predicted octanol–water partition coefficient (Wildman–Crippen LogP) is 7.06. The monoisotopic (exact) mass is 773 g/mol. The van der Waals surface area contributed by atoms with Gasteiger partial charge in [-0.2, -0.15) is 20.1 Å². The number of hydrogen-bond acceptors (Lipinski definition) is 10. The Hall–Kier alpha value is -3.92. The van der Waals surface area contributed by atoms with Gasteiger partial charge in [-0.3, -0.25) is 0 Å². The molecule has 0 atom stereocenters. The Morgan fingerprint density at radius 2 is 1.68 bits per heavy atom. The number of furan rings is 1. The molecule has 0 unspecified atom stereocenters. The standard InChI is InChI=1S/C29H25I2N7O3/c1-39-23-11-9-22(10-12-23)34-28-35-27(32-17-24-8-5-13-40-24)36-29(37-28)38-33-16-20-14-21(30)15-25(31)26(20)41-18-19-6-3-2-4-7-19/h2-16H,17-18H2,1H3,(H3,32,34,35,36,37,38). The lowest BCUT2D eigenvalue weighted by Gasteiger charge is -2.12. The van der Waals surface area contributed by atoms with E-state index in [9.17, 15) is 0 Å². The molecule has 0 aliphatic carbocycles. The fraction of sp³-hybridized carbons (Fsp3) is 0.103. The van der Waals surface area contributed by atoms with Gasteiger partial charge in [0.05, 0.1) is 29.7 Å². The van der Waals surface area contributed by atoms with E-state index in [1.807, 2.05) is 72.8 Å². The molecule has 0 fully saturated rings. The van der Waals surface area contributed by atoms with Gasteiger partial charge in [0.25, 0.3) is 0 Å². The average Bonchev–Trinajstić information content (AvgIpc) is 3.50. The molecule has 0 saturated carbocycles.